The molecule has 2 bridgehead atoms. The van der Waals surface area contributed by atoms with Crippen molar-refractivity contribution < 1.29 is 19.1 Å². The average molecular weight is 363 g/mol. The van der Waals surface area contributed by atoms with Gasteiger partial charge in [0.05, 0.1) is 11.8 Å². The van der Waals surface area contributed by atoms with Gasteiger partial charge in [-0.1, -0.05) is 17.7 Å². The smallest absolute Gasteiger partial charge is 0.310 e. The normalized spacial score (nSPS) is 30.3. The van der Waals surface area contributed by atoms with E-state index in [9.17, 15) is 9.59 Å². The van der Waals surface area contributed by atoms with Gasteiger partial charge in [-0.05, 0) is 62.1 Å². The molecule has 1 heterocycles. The first-order chi connectivity index (χ1) is 13.1. The van der Waals surface area contributed by atoms with E-state index < -0.39 is 0 Å². The lowest BCUT2D eigenvalue weighted by Gasteiger charge is -2.23. The molecule has 3 aliphatic rings. The van der Waals surface area contributed by atoms with Gasteiger partial charge < -0.3 is 14.8 Å². The van der Waals surface area contributed by atoms with Gasteiger partial charge >= 0.3 is 5.97 Å². The molecule has 0 aromatic heterocycles. The Labute approximate surface area is 157 Å². The summed E-state index contributed by atoms with van der Waals surface area (Å²) in [4.78, 5) is 24.9. The molecule has 2 saturated carbocycles. The largest absolute Gasteiger partial charge is 0.462 e. The molecule has 5 rings (SSSR count). The summed E-state index contributed by atoms with van der Waals surface area (Å²) in [5.74, 6) is 1.21. The quantitative estimate of drug-likeness (QED) is 0.836. The molecule has 1 aliphatic heterocycles. The Morgan fingerprint density at radius 3 is 2.41 bits per heavy atom. The van der Waals surface area contributed by atoms with Crippen LogP contribution in [0.4, 0.5) is 5.69 Å². The predicted octanol–water partition coefficient (Wildman–Crippen LogP) is 3.92. The summed E-state index contributed by atoms with van der Waals surface area (Å²) in [6.07, 6.45) is 1.81. The molecular weight excluding hydrogens is 342 g/mol. The summed E-state index contributed by atoms with van der Waals surface area (Å²) in [5, 5.41) is 2.97. The van der Waals surface area contributed by atoms with Crippen LogP contribution in [0.2, 0.25) is 0 Å². The van der Waals surface area contributed by atoms with E-state index in [1.165, 1.54) is 5.56 Å². The molecule has 0 spiro atoms. The van der Waals surface area contributed by atoms with Crippen molar-refractivity contribution in [3.63, 3.8) is 0 Å². The Bertz CT molecular complexity index is 888. The van der Waals surface area contributed by atoms with Gasteiger partial charge in [-0.25, -0.2) is 0 Å². The molecule has 5 atom stereocenters. The van der Waals surface area contributed by atoms with Crippen LogP contribution in [0.5, 0.6) is 11.5 Å². The third-order valence-corrected chi connectivity index (χ3v) is 6.16. The van der Waals surface area contributed by atoms with Crippen LogP contribution in [0.1, 0.15) is 18.4 Å². The van der Waals surface area contributed by atoms with Crippen LogP contribution in [0.3, 0.4) is 0 Å². The summed E-state index contributed by atoms with van der Waals surface area (Å²) < 4.78 is 11.2. The second kappa shape index (κ2) is 6.12. The van der Waals surface area contributed by atoms with Gasteiger partial charge in [-0.15, -0.1) is 0 Å². The molecule has 2 aromatic rings. The first kappa shape index (κ1) is 16.4. The number of rotatable bonds is 4. The SMILES string of the molecule is Cc1ccc(Oc2ccc(NC(=O)[C@H]3[C@@H]4C[C@H]5[C@@H]3C(=O)O[C@@H]5C4)cc2)cc1. The van der Waals surface area contributed by atoms with Crippen molar-refractivity contribution in [3.05, 3.63) is 54.1 Å². The Hall–Kier alpha value is -2.82. The van der Waals surface area contributed by atoms with E-state index in [0.29, 0.717) is 11.4 Å². The minimum absolute atomic E-state index is 0.0507. The van der Waals surface area contributed by atoms with Crippen molar-refractivity contribution in [2.24, 2.45) is 23.7 Å². The molecule has 138 valence electrons. The van der Waals surface area contributed by atoms with E-state index in [1.807, 2.05) is 55.5 Å². The molecule has 2 aromatic carbocycles. The lowest BCUT2D eigenvalue weighted by atomic mass is 9.79. The lowest BCUT2D eigenvalue weighted by molar-refractivity contribution is -0.145. The fraction of sp³-hybridized carbons (Fsp3) is 0.364. The maximum atomic E-state index is 12.8. The third-order valence-electron chi connectivity index (χ3n) is 6.16. The molecule has 0 unspecified atom stereocenters. The first-order valence-electron chi connectivity index (χ1n) is 9.44. The van der Waals surface area contributed by atoms with Gasteiger partial charge in [-0.3, -0.25) is 9.59 Å². The number of esters is 1. The molecule has 1 saturated heterocycles. The highest BCUT2D eigenvalue weighted by Crippen LogP contribution is 2.57. The molecule has 2 aliphatic carbocycles. The van der Waals surface area contributed by atoms with Crippen molar-refractivity contribution in [3.8, 4) is 11.5 Å². The minimum atomic E-state index is -0.260. The number of hydrogen-bond acceptors (Lipinski definition) is 4. The number of hydrogen-bond donors (Lipinski definition) is 1. The number of aryl methyl sites for hydroxylation is 1. The number of anilines is 1. The van der Waals surface area contributed by atoms with Crippen LogP contribution < -0.4 is 10.1 Å². The van der Waals surface area contributed by atoms with Gasteiger partial charge in [0.1, 0.15) is 17.6 Å². The number of carbonyl (C=O) groups is 2. The van der Waals surface area contributed by atoms with Crippen molar-refractivity contribution in [1.29, 1.82) is 0 Å². The summed E-state index contributed by atoms with van der Waals surface area (Å²) in [6, 6.07) is 15.2. The average Bonchev–Trinajstić information content (AvgIpc) is 3.27. The standard InChI is InChI=1S/C22H21NO4/c1-12-2-6-15(7-3-12)26-16-8-4-14(5-9-16)23-21(24)19-13-10-17-18(11-13)27-22(25)20(17)19/h2-9,13,17-20H,10-11H2,1H3,(H,23,24)/t13-,17-,18-,19+,20+/m1/s1. The zero-order chi connectivity index (χ0) is 18.5. The second-order valence-electron chi connectivity index (χ2n) is 7.85. The monoisotopic (exact) mass is 363 g/mol. The molecule has 1 amide bonds. The van der Waals surface area contributed by atoms with Gasteiger partial charge in [-0.2, -0.15) is 0 Å². The molecule has 5 nitrogen and oxygen atoms in total. The molecule has 3 fully saturated rings. The number of benzene rings is 2. The maximum absolute atomic E-state index is 12.8. The van der Waals surface area contributed by atoms with Crippen LogP contribution >= 0.6 is 0 Å². The van der Waals surface area contributed by atoms with Crippen molar-refractivity contribution >= 4 is 17.6 Å². The van der Waals surface area contributed by atoms with Crippen LogP contribution in [-0.2, 0) is 14.3 Å². The summed E-state index contributed by atoms with van der Waals surface area (Å²) in [6.45, 7) is 2.03. The Balaban J connectivity index is 1.25. The summed E-state index contributed by atoms with van der Waals surface area (Å²) >= 11 is 0. The van der Waals surface area contributed by atoms with Crippen LogP contribution in [0.25, 0.3) is 0 Å². The highest BCUT2D eigenvalue weighted by molar-refractivity contribution is 5.97. The molecule has 5 heteroatoms. The fourth-order valence-electron chi connectivity index (χ4n) is 4.94. The molecule has 27 heavy (non-hydrogen) atoms. The third kappa shape index (κ3) is 2.78. The van der Waals surface area contributed by atoms with Crippen LogP contribution in [-0.4, -0.2) is 18.0 Å². The van der Waals surface area contributed by atoms with Crippen molar-refractivity contribution in [1.82, 2.24) is 0 Å². The van der Waals surface area contributed by atoms with E-state index in [0.717, 1.165) is 18.6 Å². The van der Waals surface area contributed by atoms with Crippen LogP contribution in [0.15, 0.2) is 48.5 Å². The summed E-state index contributed by atoms with van der Waals surface area (Å²) in [7, 11) is 0. The number of carbonyl (C=O) groups excluding carboxylic acids is 2. The lowest BCUT2D eigenvalue weighted by Crippen LogP contribution is -2.35. The zero-order valence-corrected chi connectivity index (χ0v) is 15.1. The van der Waals surface area contributed by atoms with E-state index in [2.05, 4.69) is 5.32 Å². The Morgan fingerprint density at radius 1 is 1.04 bits per heavy atom. The molecular formula is C22H21NO4. The van der Waals surface area contributed by atoms with Gasteiger partial charge in [0.2, 0.25) is 5.91 Å². The Morgan fingerprint density at radius 2 is 1.70 bits per heavy atom. The molecule has 0 radical (unpaired) electrons. The number of fused-ring (bicyclic) bond motifs is 1. The maximum Gasteiger partial charge on any atom is 0.310 e. The number of amides is 1. The highest BCUT2D eigenvalue weighted by Gasteiger charge is 2.63. The predicted molar refractivity (Wildman–Crippen MR) is 99.4 cm³/mol. The highest BCUT2D eigenvalue weighted by atomic mass is 16.6. The van der Waals surface area contributed by atoms with Crippen molar-refractivity contribution in [2.45, 2.75) is 25.9 Å². The minimum Gasteiger partial charge on any atom is -0.462 e. The zero-order valence-electron chi connectivity index (χ0n) is 15.1. The Kier molecular flexibility index (Phi) is 3.71. The first-order valence-corrected chi connectivity index (χ1v) is 9.44. The molecule has 1 N–H and O–H groups in total. The van der Waals surface area contributed by atoms with E-state index >= 15 is 0 Å². The van der Waals surface area contributed by atoms with Gasteiger partial charge in [0, 0.05) is 11.6 Å². The van der Waals surface area contributed by atoms with E-state index in [1.54, 1.807) is 0 Å². The van der Waals surface area contributed by atoms with E-state index in [-0.39, 0.29) is 41.7 Å². The van der Waals surface area contributed by atoms with E-state index in [4.69, 9.17) is 9.47 Å². The van der Waals surface area contributed by atoms with Crippen molar-refractivity contribution in [2.75, 3.05) is 5.32 Å². The van der Waals surface area contributed by atoms with Gasteiger partial charge in [0.15, 0.2) is 0 Å². The topological polar surface area (TPSA) is 64.6 Å². The fourth-order valence-corrected chi connectivity index (χ4v) is 4.94. The summed E-state index contributed by atoms with van der Waals surface area (Å²) in [5.41, 5.74) is 1.89. The van der Waals surface area contributed by atoms with Gasteiger partial charge in [0.25, 0.3) is 0 Å². The number of nitrogens with one attached hydrogen (secondary N) is 1. The van der Waals surface area contributed by atoms with Crippen LogP contribution in [0, 0.1) is 30.6 Å². The number of ether oxygens (including phenoxy) is 2. The second-order valence-corrected chi connectivity index (χ2v) is 7.85.